The van der Waals surface area contributed by atoms with Crippen molar-refractivity contribution < 1.29 is 8.42 Å². The van der Waals surface area contributed by atoms with Gasteiger partial charge in [0.05, 0.1) is 12.5 Å². The molecular formula is C10H18N4O2S. The van der Waals surface area contributed by atoms with Gasteiger partial charge in [0.2, 0.25) is 0 Å². The maximum atomic E-state index is 11.8. The molecule has 1 fully saturated rings. The van der Waals surface area contributed by atoms with E-state index in [1.807, 2.05) is 6.92 Å². The lowest BCUT2D eigenvalue weighted by molar-refractivity contribution is 0.260. The van der Waals surface area contributed by atoms with E-state index in [0.29, 0.717) is 6.54 Å². The summed E-state index contributed by atoms with van der Waals surface area (Å²) in [4.78, 5) is 8.60. The number of rotatable bonds is 5. The van der Waals surface area contributed by atoms with Crippen LogP contribution in [0.25, 0.3) is 0 Å². The van der Waals surface area contributed by atoms with Crippen LogP contribution in [0.15, 0.2) is 17.6 Å². The van der Waals surface area contributed by atoms with Crippen LogP contribution in [0, 0.1) is 0 Å². The molecule has 0 saturated carbocycles. The molecule has 0 bridgehead atoms. The standard InChI is InChI=1S/C10H18N4O2S/c1-9(14-4-2-3-5-14)6-13-17(15,16)10-7-11-8-12-10/h7-9,13H,2-6H2,1H3,(H,11,12). The number of nitrogens with one attached hydrogen (secondary N) is 2. The molecule has 2 rings (SSSR count). The third-order valence-electron chi connectivity index (χ3n) is 3.10. The molecule has 2 heterocycles. The van der Waals surface area contributed by atoms with Gasteiger partial charge in [-0.1, -0.05) is 0 Å². The van der Waals surface area contributed by atoms with Crippen molar-refractivity contribution >= 4 is 10.0 Å². The summed E-state index contributed by atoms with van der Waals surface area (Å²) in [5.41, 5.74) is 0. The van der Waals surface area contributed by atoms with Crippen LogP contribution >= 0.6 is 0 Å². The van der Waals surface area contributed by atoms with Crippen LogP contribution < -0.4 is 4.72 Å². The largest absolute Gasteiger partial charge is 0.335 e. The van der Waals surface area contributed by atoms with Gasteiger partial charge < -0.3 is 4.98 Å². The number of sulfonamides is 1. The highest BCUT2D eigenvalue weighted by Crippen LogP contribution is 2.11. The molecule has 1 aromatic rings. The van der Waals surface area contributed by atoms with E-state index in [1.165, 1.54) is 25.4 Å². The quantitative estimate of drug-likeness (QED) is 0.789. The molecule has 1 atom stereocenters. The fraction of sp³-hybridized carbons (Fsp3) is 0.700. The molecule has 1 aliphatic heterocycles. The molecule has 1 aromatic heterocycles. The molecule has 0 aliphatic carbocycles. The van der Waals surface area contributed by atoms with Crippen molar-refractivity contribution in [3.05, 3.63) is 12.5 Å². The molecule has 6 nitrogen and oxygen atoms in total. The summed E-state index contributed by atoms with van der Waals surface area (Å²) in [6.07, 6.45) is 5.08. The third-order valence-corrected chi connectivity index (χ3v) is 4.44. The van der Waals surface area contributed by atoms with Crippen molar-refractivity contribution in [3.63, 3.8) is 0 Å². The predicted octanol–water partition coefficient (Wildman–Crippen LogP) is 0.172. The van der Waals surface area contributed by atoms with Gasteiger partial charge in [-0.15, -0.1) is 0 Å². The molecule has 17 heavy (non-hydrogen) atoms. The average Bonchev–Trinajstić information content (AvgIpc) is 2.97. The first-order valence-corrected chi connectivity index (χ1v) is 7.30. The Hall–Kier alpha value is -0.920. The highest BCUT2D eigenvalue weighted by Gasteiger charge is 2.21. The zero-order chi connectivity index (χ0) is 12.3. The Morgan fingerprint density at radius 2 is 2.24 bits per heavy atom. The van der Waals surface area contributed by atoms with Gasteiger partial charge in [0.15, 0.2) is 5.03 Å². The lowest BCUT2D eigenvalue weighted by atomic mass is 10.3. The number of H-pyrrole nitrogens is 1. The number of hydrogen-bond donors (Lipinski definition) is 2. The second-order valence-electron chi connectivity index (χ2n) is 4.36. The molecule has 1 saturated heterocycles. The highest BCUT2D eigenvalue weighted by atomic mass is 32.2. The lowest BCUT2D eigenvalue weighted by Gasteiger charge is -2.23. The number of imidazole rings is 1. The number of nitrogens with zero attached hydrogens (tertiary/aromatic N) is 2. The minimum absolute atomic E-state index is 0.117. The van der Waals surface area contributed by atoms with Gasteiger partial charge in [-0.2, -0.15) is 0 Å². The van der Waals surface area contributed by atoms with Gasteiger partial charge in [-0.3, -0.25) is 4.90 Å². The van der Waals surface area contributed by atoms with E-state index in [9.17, 15) is 8.42 Å². The SMILES string of the molecule is CC(CNS(=O)(=O)c1cnc[nH]1)N1CCCC1. The van der Waals surface area contributed by atoms with Crippen molar-refractivity contribution in [1.29, 1.82) is 0 Å². The van der Waals surface area contributed by atoms with Crippen LogP contribution in [-0.4, -0.2) is 49.0 Å². The fourth-order valence-electron chi connectivity index (χ4n) is 2.01. The fourth-order valence-corrected chi connectivity index (χ4v) is 3.03. The van der Waals surface area contributed by atoms with Gasteiger partial charge >= 0.3 is 0 Å². The van der Waals surface area contributed by atoms with Gasteiger partial charge in [0.1, 0.15) is 0 Å². The molecule has 7 heteroatoms. The Morgan fingerprint density at radius 1 is 1.53 bits per heavy atom. The average molecular weight is 258 g/mol. The molecule has 0 radical (unpaired) electrons. The Labute approximate surface area is 101 Å². The summed E-state index contributed by atoms with van der Waals surface area (Å²) in [5.74, 6) is 0. The number of aromatic nitrogens is 2. The Bertz CT molecular complexity index is 437. The zero-order valence-corrected chi connectivity index (χ0v) is 10.7. The van der Waals surface area contributed by atoms with Gasteiger partial charge in [0, 0.05) is 12.6 Å². The summed E-state index contributed by atoms with van der Waals surface area (Å²) in [7, 11) is -3.44. The maximum absolute atomic E-state index is 11.8. The molecule has 2 N–H and O–H groups in total. The zero-order valence-electron chi connectivity index (χ0n) is 9.89. The van der Waals surface area contributed by atoms with Crippen LogP contribution in [0.4, 0.5) is 0 Å². The maximum Gasteiger partial charge on any atom is 0.257 e. The van der Waals surface area contributed by atoms with E-state index < -0.39 is 10.0 Å². The molecule has 1 aliphatic rings. The first-order valence-electron chi connectivity index (χ1n) is 5.82. The molecular weight excluding hydrogens is 240 g/mol. The van der Waals surface area contributed by atoms with Crippen LogP contribution in [0.3, 0.4) is 0 Å². The summed E-state index contributed by atoms with van der Waals surface area (Å²) in [6.45, 7) is 4.60. The van der Waals surface area contributed by atoms with Crippen LogP contribution in [-0.2, 0) is 10.0 Å². The van der Waals surface area contributed by atoms with Gasteiger partial charge in [0.25, 0.3) is 10.0 Å². The van der Waals surface area contributed by atoms with Crippen LogP contribution in [0.5, 0.6) is 0 Å². The molecule has 0 aromatic carbocycles. The van der Waals surface area contributed by atoms with Crippen LogP contribution in [0.1, 0.15) is 19.8 Å². The smallest absolute Gasteiger partial charge is 0.257 e. The first-order chi connectivity index (χ1) is 8.09. The molecule has 1 unspecified atom stereocenters. The van der Waals surface area contributed by atoms with E-state index in [4.69, 9.17) is 0 Å². The van der Waals surface area contributed by atoms with Crippen LogP contribution in [0.2, 0.25) is 0 Å². The highest BCUT2D eigenvalue weighted by molar-refractivity contribution is 7.89. The predicted molar refractivity (Wildman–Crippen MR) is 64.0 cm³/mol. The Kier molecular flexibility index (Phi) is 3.80. The van der Waals surface area contributed by atoms with Crippen molar-refractivity contribution in [2.45, 2.75) is 30.8 Å². The summed E-state index contributed by atoms with van der Waals surface area (Å²) >= 11 is 0. The van der Waals surface area contributed by atoms with E-state index >= 15 is 0 Å². The second kappa shape index (κ2) is 5.16. The van der Waals surface area contributed by atoms with E-state index in [-0.39, 0.29) is 11.1 Å². The molecule has 0 spiro atoms. The van der Waals surface area contributed by atoms with Gasteiger partial charge in [-0.25, -0.2) is 18.1 Å². The number of aromatic amines is 1. The molecule has 96 valence electrons. The first kappa shape index (κ1) is 12.5. The summed E-state index contributed by atoms with van der Waals surface area (Å²) in [6, 6.07) is 0.232. The molecule has 0 amide bonds. The Balaban J connectivity index is 1.89. The van der Waals surface area contributed by atoms with Gasteiger partial charge in [-0.05, 0) is 32.9 Å². The van der Waals surface area contributed by atoms with Crippen molar-refractivity contribution in [3.8, 4) is 0 Å². The number of likely N-dealkylation sites (tertiary alicyclic amines) is 1. The van der Waals surface area contributed by atoms with Crippen molar-refractivity contribution in [2.75, 3.05) is 19.6 Å². The normalized spacial score (nSPS) is 19.6. The third kappa shape index (κ3) is 3.05. The lowest BCUT2D eigenvalue weighted by Crippen LogP contribution is -2.40. The van der Waals surface area contributed by atoms with Crippen molar-refractivity contribution in [2.24, 2.45) is 0 Å². The number of hydrogen-bond acceptors (Lipinski definition) is 4. The van der Waals surface area contributed by atoms with E-state index in [0.717, 1.165) is 13.1 Å². The minimum atomic E-state index is -3.44. The van der Waals surface area contributed by atoms with E-state index in [1.54, 1.807) is 0 Å². The summed E-state index contributed by atoms with van der Waals surface area (Å²) in [5, 5.41) is 0.117. The summed E-state index contributed by atoms with van der Waals surface area (Å²) < 4.78 is 26.2. The Morgan fingerprint density at radius 3 is 2.82 bits per heavy atom. The van der Waals surface area contributed by atoms with E-state index in [2.05, 4.69) is 19.6 Å². The minimum Gasteiger partial charge on any atom is -0.335 e. The van der Waals surface area contributed by atoms with Crippen molar-refractivity contribution in [1.82, 2.24) is 19.6 Å². The topological polar surface area (TPSA) is 78.1 Å². The second-order valence-corrected chi connectivity index (χ2v) is 6.10. The monoisotopic (exact) mass is 258 g/mol.